The number of hydrogen-bond donors (Lipinski definition) is 1. The van der Waals surface area contributed by atoms with Gasteiger partial charge in [-0.3, -0.25) is 4.21 Å². The van der Waals surface area contributed by atoms with E-state index in [2.05, 4.69) is 14.7 Å². The quantitative estimate of drug-likeness (QED) is 0.804. The molecule has 0 aliphatic rings. The van der Waals surface area contributed by atoms with Gasteiger partial charge in [-0.05, 0) is 0 Å². The maximum absolute atomic E-state index is 11.1. The van der Waals surface area contributed by atoms with Crippen molar-refractivity contribution in [2.24, 2.45) is 0 Å². The van der Waals surface area contributed by atoms with Gasteiger partial charge in [-0.25, -0.2) is 4.98 Å². The number of nitrogens with zero attached hydrogens (tertiary/aromatic N) is 2. The first kappa shape index (κ1) is 11.6. The van der Waals surface area contributed by atoms with E-state index in [0.29, 0.717) is 12.3 Å². The summed E-state index contributed by atoms with van der Waals surface area (Å²) in [5, 5.41) is 3.95. The van der Waals surface area contributed by atoms with Crippen molar-refractivity contribution in [2.45, 2.75) is 20.3 Å². The highest BCUT2D eigenvalue weighted by Crippen LogP contribution is 2.10. The maximum Gasteiger partial charge on any atom is 0.202 e. The fourth-order valence-corrected chi connectivity index (χ4v) is 2.18. The zero-order valence-corrected chi connectivity index (χ0v) is 10.1. The summed E-state index contributed by atoms with van der Waals surface area (Å²) >= 11 is 1.36. The van der Waals surface area contributed by atoms with Crippen molar-refractivity contribution in [2.75, 3.05) is 23.4 Å². The molecule has 1 heterocycles. The van der Waals surface area contributed by atoms with Crippen molar-refractivity contribution in [1.29, 1.82) is 0 Å². The van der Waals surface area contributed by atoms with Crippen LogP contribution in [0.4, 0.5) is 5.13 Å². The fourth-order valence-electron chi connectivity index (χ4n) is 0.886. The largest absolute Gasteiger partial charge is 0.359 e. The molecular weight excluding hydrogens is 218 g/mol. The molecule has 0 aliphatic carbocycles. The molecule has 6 heteroatoms. The molecule has 14 heavy (non-hydrogen) atoms. The lowest BCUT2D eigenvalue weighted by Crippen LogP contribution is -2.11. The van der Waals surface area contributed by atoms with E-state index in [1.165, 1.54) is 11.5 Å². The molecule has 0 aliphatic heterocycles. The van der Waals surface area contributed by atoms with Gasteiger partial charge < -0.3 is 5.32 Å². The predicted molar refractivity (Wildman–Crippen MR) is 61.3 cm³/mol. The number of nitrogens with one attached hydrogen (secondary N) is 1. The Hall–Kier alpha value is -0.490. The van der Waals surface area contributed by atoms with Gasteiger partial charge in [0, 0.05) is 46.8 Å². The Kier molecular flexibility index (Phi) is 5.03. The van der Waals surface area contributed by atoms with Crippen molar-refractivity contribution in [3.8, 4) is 0 Å². The van der Waals surface area contributed by atoms with Crippen LogP contribution in [0.5, 0.6) is 0 Å². The Bertz CT molecular complexity index is 301. The molecule has 1 unspecified atom stereocenters. The molecule has 0 fully saturated rings. The molecule has 0 amide bonds. The monoisotopic (exact) mass is 233 g/mol. The van der Waals surface area contributed by atoms with Gasteiger partial charge in [-0.2, -0.15) is 4.37 Å². The second kappa shape index (κ2) is 6.08. The Balaban J connectivity index is 2.27. The summed E-state index contributed by atoms with van der Waals surface area (Å²) < 4.78 is 15.2. The van der Waals surface area contributed by atoms with Crippen LogP contribution in [0, 0.1) is 0 Å². The molecule has 0 saturated carbocycles. The molecule has 4 nitrogen and oxygen atoms in total. The van der Waals surface area contributed by atoms with E-state index in [1.807, 2.05) is 13.8 Å². The first-order valence-corrected chi connectivity index (χ1v) is 6.93. The average Bonchev–Trinajstić information content (AvgIpc) is 2.65. The number of aromatic nitrogens is 2. The van der Waals surface area contributed by atoms with Gasteiger partial charge in [0.05, 0.1) is 0 Å². The van der Waals surface area contributed by atoms with Crippen molar-refractivity contribution >= 4 is 27.5 Å². The molecule has 1 N–H and O–H groups in total. The van der Waals surface area contributed by atoms with Gasteiger partial charge in [-0.15, -0.1) is 0 Å². The maximum atomic E-state index is 11.1. The van der Waals surface area contributed by atoms with E-state index in [-0.39, 0.29) is 0 Å². The van der Waals surface area contributed by atoms with Gasteiger partial charge in [0.1, 0.15) is 5.82 Å². The number of rotatable bonds is 6. The third-order valence-corrected chi connectivity index (χ3v) is 3.73. The van der Waals surface area contributed by atoms with Crippen LogP contribution >= 0.6 is 11.5 Å². The lowest BCUT2D eigenvalue weighted by molar-refractivity contribution is 0.684. The normalized spacial score (nSPS) is 12.7. The smallest absolute Gasteiger partial charge is 0.202 e. The molecule has 0 saturated heterocycles. The molecule has 0 aromatic carbocycles. The van der Waals surface area contributed by atoms with Crippen molar-refractivity contribution in [3.05, 3.63) is 5.82 Å². The van der Waals surface area contributed by atoms with E-state index in [1.54, 1.807) is 0 Å². The van der Waals surface area contributed by atoms with Crippen LogP contribution in [0.2, 0.25) is 0 Å². The molecule has 1 aromatic heterocycles. The summed E-state index contributed by atoms with van der Waals surface area (Å²) in [5.74, 6) is 2.27. The predicted octanol–water partition coefficient (Wildman–Crippen LogP) is 1.28. The molecular formula is C8H15N3OS2. The summed E-state index contributed by atoms with van der Waals surface area (Å²) in [6, 6.07) is 0. The van der Waals surface area contributed by atoms with E-state index in [9.17, 15) is 4.21 Å². The summed E-state index contributed by atoms with van der Waals surface area (Å²) in [6.07, 6.45) is 0.860. The van der Waals surface area contributed by atoms with Crippen molar-refractivity contribution < 1.29 is 4.21 Å². The lowest BCUT2D eigenvalue weighted by Gasteiger charge is -1.99. The third kappa shape index (κ3) is 3.71. The van der Waals surface area contributed by atoms with Crippen LogP contribution in [0.15, 0.2) is 0 Å². The zero-order valence-electron chi connectivity index (χ0n) is 8.45. The molecule has 1 atom stereocenters. The molecule has 1 rings (SSSR count). The standard InChI is InChI=1S/C8H15N3OS2/c1-3-7-10-8(13-11-7)9-5-6-14(12)4-2/h3-6H2,1-2H3,(H,9,10,11). The van der Waals surface area contributed by atoms with E-state index in [0.717, 1.165) is 23.1 Å². The highest BCUT2D eigenvalue weighted by molar-refractivity contribution is 7.84. The van der Waals surface area contributed by atoms with Crippen LogP contribution in [-0.4, -0.2) is 31.6 Å². The zero-order chi connectivity index (χ0) is 10.4. The first-order valence-electron chi connectivity index (χ1n) is 4.67. The number of aryl methyl sites for hydroxylation is 1. The summed E-state index contributed by atoms with van der Waals surface area (Å²) in [7, 11) is -0.702. The van der Waals surface area contributed by atoms with Gasteiger partial charge in [-0.1, -0.05) is 13.8 Å². The first-order chi connectivity index (χ1) is 6.76. The minimum atomic E-state index is -0.702. The van der Waals surface area contributed by atoms with Gasteiger partial charge in [0.15, 0.2) is 0 Å². The number of anilines is 1. The fraction of sp³-hybridized carbons (Fsp3) is 0.750. The minimum absolute atomic E-state index is 0.678. The Morgan fingerprint density at radius 1 is 1.50 bits per heavy atom. The van der Waals surface area contributed by atoms with Crippen molar-refractivity contribution in [1.82, 2.24) is 9.36 Å². The van der Waals surface area contributed by atoms with Crippen molar-refractivity contribution in [3.63, 3.8) is 0 Å². The second-order valence-corrected chi connectivity index (χ2v) is 5.35. The lowest BCUT2D eigenvalue weighted by atomic mass is 10.5. The Labute approximate surface area is 90.8 Å². The van der Waals surface area contributed by atoms with E-state index >= 15 is 0 Å². The Morgan fingerprint density at radius 2 is 2.29 bits per heavy atom. The Morgan fingerprint density at radius 3 is 2.86 bits per heavy atom. The summed E-state index contributed by atoms with van der Waals surface area (Å²) in [5.41, 5.74) is 0. The van der Waals surface area contributed by atoms with Crippen LogP contribution < -0.4 is 5.32 Å². The third-order valence-electron chi connectivity index (χ3n) is 1.71. The van der Waals surface area contributed by atoms with Gasteiger partial charge in [0.25, 0.3) is 0 Å². The van der Waals surface area contributed by atoms with Crippen LogP contribution in [0.1, 0.15) is 19.7 Å². The van der Waals surface area contributed by atoms with Crippen LogP contribution in [0.25, 0.3) is 0 Å². The SMILES string of the molecule is CCc1nsc(NCCS(=O)CC)n1. The minimum Gasteiger partial charge on any atom is -0.359 e. The summed E-state index contributed by atoms with van der Waals surface area (Å²) in [4.78, 5) is 4.25. The molecule has 0 spiro atoms. The number of hydrogen-bond acceptors (Lipinski definition) is 5. The summed E-state index contributed by atoms with van der Waals surface area (Å²) in [6.45, 7) is 4.66. The van der Waals surface area contributed by atoms with Gasteiger partial charge >= 0.3 is 0 Å². The highest BCUT2D eigenvalue weighted by atomic mass is 32.2. The molecule has 0 radical (unpaired) electrons. The molecule has 1 aromatic rings. The second-order valence-electron chi connectivity index (χ2n) is 2.73. The van der Waals surface area contributed by atoms with Crippen LogP contribution in [-0.2, 0) is 17.2 Å². The van der Waals surface area contributed by atoms with E-state index in [4.69, 9.17) is 0 Å². The molecule has 80 valence electrons. The average molecular weight is 233 g/mol. The van der Waals surface area contributed by atoms with Crippen LogP contribution in [0.3, 0.4) is 0 Å². The van der Waals surface area contributed by atoms with E-state index < -0.39 is 10.8 Å². The topological polar surface area (TPSA) is 54.9 Å². The molecule has 0 bridgehead atoms. The van der Waals surface area contributed by atoms with Gasteiger partial charge in [0.2, 0.25) is 5.13 Å². The highest BCUT2D eigenvalue weighted by Gasteiger charge is 2.01.